The van der Waals surface area contributed by atoms with E-state index in [0.29, 0.717) is 19.4 Å². The number of nitrogens with one attached hydrogen (secondary N) is 1. The van der Waals surface area contributed by atoms with E-state index in [1.807, 2.05) is 0 Å². The Hall–Kier alpha value is -1.61. The lowest BCUT2D eigenvalue weighted by molar-refractivity contribution is -0.137. The smallest absolute Gasteiger partial charge is 0.326 e. The molecule has 0 bridgehead atoms. The zero-order valence-electron chi connectivity index (χ0n) is 13.1. The SMILES string of the molecule is CCS(=O)(=O)N1CCC[C@@H](C(=O)Nc2cccc(C(F)(F)F)c2)C1. The fourth-order valence-corrected chi connectivity index (χ4v) is 3.79. The van der Waals surface area contributed by atoms with Gasteiger partial charge in [0.05, 0.1) is 17.2 Å². The van der Waals surface area contributed by atoms with Gasteiger partial charge >= 0.3 is 6.18 Å². The van der Waals surface area contributed by atoms with Crippen LogP contribution in [0.2, 0.25) is 0 Å². The van der Waals surface area contributed by atoms with Gasteiger partial charge in [-0.05, 0) is 38.0 Å². The number of hydrogen-bond donors (Lipinski definition) is 1. The number of benzene rings is 1. The maximum Gasteiger partial charge on any atom is 0.416 e. The summed E-state index contributed by atoms with van der Waals surface area (Å²) in [4.78, 5) is 12.3. The Bertz CT molecular complexity index is 704. The fraction of sp³-hybridized carbons (Fsp3) is 0.533. The number of piperidine rings is 1. The average molecular weight is 364 g/mol. The summed E-state index contributed by atoms with van der Waals surface area (Å²) in [6.45, 7) is 1.95. The molecule has 1 amide bonds. The van der Waals surface area contributed by atoms with Crippen molar-refractivity contribution >= 4 is 21.6 Å². The molecular formula is C15H19F3N2O3S. The molecule has 1 heterocycles. The largest absolute Gasteiger partial charge is 0.416 e. The van der Waals surface area contributed by atoms with Crippen molar-refractivity contribution in [2.75, 3.05) is 24.2 Å². The second-order valence-corrected chi connectivity index (χ2v) is 7.92. The monoisotopic (exact) mass is 364 g/mol. The predicted molar refractivity (Wildman–Crippen MR) is 83.8 cm³/mol. The Morgan fingerprint density at radius 2 is 2.08 bits per heavy atom. The van der Waals surface area contributed by atoms with Gasteiger partial charge in [-0.3, -0.25) is 4.79 Å². The lowest BCUT2D eigenvalue weighted by atomic mass is 9.98. The van der Waals surface area contributed by atoms with Gasteiger partial charge in [-0.2, -0.15) is 13.2 Å². The zero-order valence-corrected chi connectivity index (χ0v) is 14.0. The number of amides is 1. The van der Waals surface area contributed by atoms with Crippen molar-refractivity contribution < 1.29 is 26.4 Å². The molecule has 1 aliphatic heterocycles. The standard InChI is InChI=1S/C15H19F3N2O3S/c1-2-24(22,23)20-8-4-5-11(10-20)14(21)19-13-7-3-6-12(9-13)15(16,17)18/h3,6-7,9,11H,2,4-5,8,10H2,1H3,(H,19,21)/t11-/m1/s1. The normalized spacial score (nSPS) is 19.9. The topological polar surface area (TPSA) is 66.5 Å². The summed E-state index contributed by atoms with van der Waals surface area (Å²) in [5.41, 5.74) is -0.801. The molecule has 5 nitrogen and oxygen atoms in total. The maximum atomic E-state index is 12.7. The number of anilines is 1. The van der Waals surface area contributed by atoms with Crippen molar-refractivity contribution in [3.05, 3.63) is 29.8 Å². The van der Waals surface area contributed by atoms with E-state index in [4.69, 9.17) is 0 Å². The molecule has 0 unspecified atom stereocenters. The number of halogens is 3. The van der Waals surface area contributed by atoms with E-state index < -0.39 is 33.6 Å². The highest BCUT2D eigenvalue weighted by Gasteiger charge is 2.33. The molecule has 0 aromatic heterocycles. The van der Waals surface area contributed by atoms with Crippen LogP contribution in [0.1, 0.15) is 25.3 Å². The van der Waals surface area contributed by atoms with E-state index in [2.05, 4.69) is 5.32 Å². The molecular weight excluding hydrogens is 345 g/mol. The summed E-state index contributed by atoms with van der Waals surface area (Å²) in [5, 5.41) is 2.45. The molecule has 0 spiro atoms. The Morgan fingerprint density at radius 1 is 1.38 bits per heavy atom. The summed E-state index contributed by atoms with van der Waals surface area (Å²) >= 11 is 0. The number of alkyl halides is 3. The first-order chi connectivity index (χ1) is 11.1. The van der Waals surface area contributed by atoms with Crippen LogP contribution in [-0.2, 0) is 21.0 Å². The van der Waals surface area contributed by atoms with Gasteiger partial charge in [-0.15, -0.1) is 0 Å². The van der Waals surface area contributed by atoms with Crippen LogP contribution in [0.4, 0.5) is 18.9 Å². The molecule has 0 radical (unpaired) electrons. The highest BCUT2D eigenvalue weighted by atomic mass is 32.2. The van der Waals surface area contributed by atoms with Crippen LogP contribution >= 0.6 is 0 Å². The quantitative estimate of drug-likeness (QED) is 0.893. The second kappa shape index (κ2) is 7.10. The lowest BCUT2D eigenvalue weighted by Crippen LogP contribution is -2.44. The molecule has 1 aromatic rings. The van der Waals surface area contributed by atoms with Crippen molar-refractivity contribution in [3.8, 4) is 0 Å². The van der Waals surface area contributed by atoms with Gasteiger partial charge in [0.25, 0.3) is 0 Å². The molecule has 1 atom stereocenters. The Balaban J connectivity index is 2.07. The summed E-state index contributed by atoms with van der Waals surface area (Å²) < 4.78 is 63.2. The van der Waals surface area contributed by atoms with Crippen LogP contribution in [0.5, 0.6) is 0 Å². The second-order valence-electron chi connectivity index (χ2n) is 5.67. The van der Waals surface area contributed by atoms with Crippen LogP contribution in [0.15, 0.2) is 24.3 Å². The lowest BCUT2D eigenvalue weighted by Gasteiger charge is -2.30. The Morgan fingerprint density at radius 3 is 2.71 bits per heavy atom. The van der Waals surface area contributed by atoms with Gasteiger partial charge in [0.2, 0.25) is 15.9 Å². The Kier molecular flexibility index (Phi) is 5.54. The number of carbonyl (C=O) groups excluding carboxylic acids is 1. The summed E-state index contributed by atoms with van der Waals surface area (Å²) in [6, 6.07) is 4.37. The number of nitrogens with zero attached hydrogens (tertiary/aromatic N) is 1. The van der Waals surface area contributed by atoms with E-state index in [-0.39, 0.29) is 18.0 Å². The molecule has 9 heteroatoms. The molecule has 134 valence electrons. The van der Waals surface area contributed by atoms with Gasteiger partial charge in [0, 0.05) is 18.8 Å². The highest BCUT2D eigenvalue weighted by Crippen LogP contribution is 2.31. The zero-order chi connectivity index (χ0) is 18.0. The van der Waals surface area contributed by atoms with Crippen LogP contribution in [0.3, 0.4) is 0 Å². The molecule has 1 aromatic carbocycles. The third kappa shape index (κ3) is 4.47. The van der Waals surface area contributed by atoms with Crippen molar-refractivity contribution in [3.63, 3.8) is 0 Å². The van der Waals surface area contributed by atoms with Crippen LogP contribution in [0.25, 0.3) is 0 Å². The minimum Gasteiger partial charge on any atom is -0.326 e. The van der Waals surface area contributed by atoms with E-state index in [9.17, 15) is 26.4 Å². The van der Waals surface area contributed by atoms with Gasteiger partial charge < -0.3 is 5.32 Å². The molecule has 1 fully saturated rings. The first-order valence-electron chi connectivity index (χ1n) is 7.59. The summed E-state index contributed by atoms with van der Waals surface area (Å²) in [5.74, 6) is -1.09. The predicted octanol–water partition coefficient (Wildman–Crippen LogP) is 2.71. The number of rotatable bonds is 4. The molecule has 2 rings (SSSR count). The third-order valence-electron chi connectivity index (χ3n) is 3.97. The molecule has 0 saturated carbocycles. The highest BCUT2D eigenvalue weighted by molar-refractivity contribution is 7.89. The van der Waals surface area contributed by atoms with Gasteiger partial charge in [0.1, 0.15) is 0 Å². The Labute approximate surface area is 138 Å². The van der Waals surface area contributed by atoms with Crippen LogP contribution in [0, 0.1) is 5.92 Å². The average Bonchev–Trinajstić information content (AvgIpc) is 2.54. The number of carbonyl (C=O) groups is 1. The van der Waals surface area contributed by atoms with Crippen molar-refractivity contribution in [1.29, 1.82) is 0 Å². The molecule has 1 aliphatic rings. The summed E-state index contributed by atoms with van der Waals surface area (Å²) in [6.07, 6.45) is -3.45. The maximum absolute atomic E-state index is 12.7. The van der Waals surface area contributed by atoms with Crippen LogP contribution in [-0.4, -0.2) is 37.5 Å². The first kappa shape index (κ1) is 18.7. The number of sulfonamides is 1. The van der Waals surface area contributed by atoms with E-state index in [0.717, 1.165) is 12.1 Å². The number of hydrogen-bond acceptors (Lipinski definition) is 3. The van der Waals surface area contributed by atoms with E-state index in [1.165, 1.54) is 23.4 Å². The van der Waals surface area contributed by atoms with Crippen LogP contribution < -0.4 is 5.32 Å². The van der Waals surface area contributed by atoms with Gasteiger partial charge in [-0.25, -0.2) is 12.7 Å². The molecule has 0 aliphatic carbocycles. The third-order valence-corrected chi connectivity index (χ3v) is 5.82. The fourth-order valence-electron chi connectivity index (χ4n) is 2.61. The minimum atomic E-state index is -4.49. The first-order valence-corrected chi connectivity index (χ1v) is 9.20. The van der Waals surface area contributed by atoms with Crippen molar-refractivity contribution in [2.24, 2.45) is 5.92 Å². The van der Waals surface area contributed by atoms with Crippen molar-refractivity contribution in [1.82, 2.24) is 4.31 Å². The van der Waals surface area contributed by atoms with E-state index >= 15 is 0 Å². The molecule has 24 heavy (non-hydrogen) atoms. The van der Waals surface area contributed by atoms with E-state index in [1.54, 1.807) is 0 Å². The van der Waals surface area contributed by atoms with Gasteiger partial charge in [-0.1, -0.05) is 6.07 Å². The molecule has 1 saturated heterocycles. The molecule has 1 N–H and O–H groups in total. The van der Waals surface area contributed by atoms with Crippen molar-refractivity contribution in [2.45, 2.75) is 25.9 Å². The summed E-state index contributed by atoms with van der Waals surface area (Å²) in [7, 11) is -3.38. The van der Waals surface area contributed by atoms with Gasteiger partial charge in [0.15, 0.2) is 0 Å². The minimum absolute atomic E-state index is 0.0466.